The Morgan fingerprint density at radius 2 is 1.68 bits per heavy atom. The van der Waals surface area contributed by atoms with E-state index in [1.807, 2.05) is 19.9 Å². The molecule has 1 fully saturated rings. The maximum atomic E-state index is 12.6. The van der Waals surface area contributed by atoms with Crippen LogP contribution in [0.4, 0.5) is 4.79 Å². The third-order valence-corrected chi connectivity index (χ3v) is 6.71. The minimum absolute atomic E-state index is 0.0104. The fourth-order valence-corrected chi connectivity index (χ4v) is 4.59. The highest BCUT2D eigenvalue weighted by Crippen LogP contribution is 2.14. The van der Waals surface area contributed by atoms with Crippen molar-refractivity contribution in [3.05, 3.63) is 65.7 Å². The first kappa shape index (κ1) is 25.7. The number of nitrogens with one attached hydrogen (secondary N) is 3. The van der Waals surface area contributed by atoms with Crippen molar-refractivity contribution in [2.24, 2.45) is 0 Å². The van der Waals surface area contributed by atoms with Crippen LogP contribution in [0.3, 0.4) is 0 Å². The number of carbonyl (C=O) groups is 2. The average molecular weight is 489 g/mol. The quantitative estimate of drug-likeness (QED) is 0.499. The van der Waals surface area contributed by atoms with E-state index in [0.717, 1.165) is 18.4 Å². The molecule has 0 saturated carbocycles. The van der Waals surface area contributed by atoms with Gasteiger partial charge in [0.05, 0.1) is 17.1 Å². The SMILES string of the molecule is CC(C)OC1CCN(NC(=O)NS(=O)(=O)c2ccc(CCNC(=O)c3ccccc3)cc2)CC1. The van der Waals surface area contributed by atoms with Gasteiger partial charge in [-0.1, -0.05) is 30.3 Å². The number of hydrazine groups is 1. The topological polar surface area (TPSA) is 117 Å². The lowest BCUT2D eigenvalue weighted by atomic mass is 10.1. The van der Waals surface area contributed by atoms with E-state index in [1.54, 1.807) is 41.4 Å². The van der Waals surface area contributed by atoms with Crippen molar-refractivity contribution in [3.8, 4) is 0 Å². The lowest BCUT2D eigenvalue weighted by molar-refractivity contribution is -0.0322. The summed E-state index contributed by atoms with van der Waals surface area (Å²) in [5.74, 6) is -0.160. The van der Waals surface area contributed by atoms with Crippen LogP contribution in [-0.2, 0) is 21.2 Å². The average Bonchev–Trinajstić information content (AvgIpc) is 2.80. The van der Waals surface area contributed by atoms with Crippen LogP contribution < -0.4 is 15.5 Å². The number of sulfonamides is 1. The molecule has 10 heteroatoms. The van der Waals surface area contributed by atoms with Gasteiger partial charge in [-0.05, 0) is 62.9 Å². The summed E-state index contributed by atoms with van der Waals surface area (Å²) in [6, 6.07) is 14.3. The molecule has 0 atom stereocenters. The van der Waals surface area contributed by atoms with Crippen LogP contribution in [0, 0.1) is 0 Å². The van der Waals surface area contributed by atoms with Gasteiger partial charge >= 0.3 is 6.03 Å². The van der Waals surface area contributed by atoms with Crippen molar-refractivity contribution < 1.29 is 22.7 Å². The Kier molecular flexibility index (Phi) is 9.03. The molecule has 3 N–H and O–H groups in total. The monoisotopic (exact) mass is 488 g/mol. The maximum Gasteiger partial charge on any atom is 0.343 e. The molecular formula is C24H32N4O5S. The molecule has 1 heterocycles. The third kappa shape index (κ3) is 7.82. The summed E-state index contributed by atoms with van der Waals surface area (Å²) in [5, 5.41) is 4.53. The van der Waals surface area contributed by atoms with Gasteiger partial charge in [0.25, 0.3) is 15.9 Å². The molecule has 0 bridgehead atoms. The first-order valence-corrected chi connectivity index (χ1v) is 12.9. The Balaban J connectivity index is 1.44. The third-order valence-electron chi connectivity index (χ3n) is 5.36. The molecule has 2 aromatic rings. The summed E-state index contributed by atoms with van der Waals surface area (Å²) in [7, 11) is -4.01. The van der Waals surface area contributed by atoms with E-state index in [1.165, 1.54) is 12.1 Å². The first-order chi connectivity index (χ1) is 16.2. The second-order valence-electron chi connectivity index (χ2n) is 8.43. The Hall–Kier alpha value is -2.95. The van der Waals surface area contributed by atoms with E-state index < -0.39 is 16.1 Å². The molecular weight excluding hydrogens is 456 g/mol. The molecule has 2 aromatic carbocycles. The fourth-order valence-electron chi connectivity index (χ4n) is 3.68. The van der Waals surface area contributed by atoms with Crippen LogP contribution in [0.25, 0.3) is 0 Å². The minimum atomic E-state index is -4.01. The van der Waals surface area contributed by atoms with E-state index in [2.05, 4.69) is 15.5 Å². The number of hydrogen-bond donors (Lipinski definition) is 3. The van der Waals surface area contributed by atoms with Crippen LogP contribution in [0.2, 0.25) is 0 Å². The van der Waals surface area contributed by atoms with Gasteiger partial charge in [-0.25, -0.2) is 22.9 Å². The van der Waals surface area contributed by atoms with E-state index >= 15 is 0 Å². The number of urea groups is 1. The van der Waals surface area contributed by atoms with Gasteiger partial charge in [0.2, 0.25) is 0 Å². The molecule has 0 unspecified atom stereocenters. The van der Waals surface area contributed by atoms with Crippen LogP contribution in [0.5, 0.6) is 0 Å². The van der Waals surface area contributed by atoms with Crippen molar-refractivity contribution in [1.29, 1.82) is 0 Å². The highest BCUT2D eigenvalue weighted by Gasteiger charge is 2.24. The standard InChI is InChI=1S/C24H32N4O5S/c1-18(2)33-21-13-16-28(17-14-21)26-24(30)27-34(31,32)22-10-8-19(9-11-22)12-15-25-23(29)20-6-4-3-5-7-20/h3-11,18,21H,12-17H2,1-2H3,(H,25,29)(H2,26,27,30). The van der Waals surface area contributed by atoms with Crippen molar-refractivity contribution in [2.75, 3.05) is 19.6 Å². The Bertz CT molecular complexity index is 1050. The van der Waals surface area contributed by atoms with Crippen LogP contribution >= 0.6 is 0 Å². The van der Waals surface area contributed by atoms with Crippen molar-refractivity contribution in [1.82, 2.24) is 20.5 Å². The Morgan fingerprint density at radius 1 is 1.03 bits per heavy atom. The number of benzene rings is 2. The molecule has 3 rings (SSSR count). The van der Waals surface area contributed by atoms with Gasteiger partial charge in [-0.15, -0.1) is 0 Å². The molecule has 1 saturated heterocycles. The van der Waals surface area contributed by atoms with Gasteiger partial charge in [-0.2, -0.15) is 0 Å². The number of hydrogen-bond acceptors (Lipinski definition) is 6. The zero-order chi connectivity index (χ0) is 24.6. The molecule has 0 spiro atoms. The number of rotatable bonds is 9. The predicted molar refractivity (Wildman–Crippen MR) is 129 cm³/mol. The summed E-state index contributed by atoms with van der Waals surface area (Å²) in [5.41, 5.74) is 4.04. The van der Waals surface area contributed by atoms with Crippen LogP contribution in [0.1, 0.15) is 42.6 Å². The molecule has 184 valence electrons. The van der Waals surface area contributed by atoms with Crippen molar-refractivity contribution >= 4 is 22.0 Å². The van der Waals surface area contributed by atoms with E-state index in [-0.39, 0.29) is 23.0 Å². The van der Waals surface area contributed by atoms with Gasteiger partial charge in [0, 0.05) is 25.2 Å². The number of carbonyl (C=O) groups excluding carboxylic acids is 2. The molecule has 9 nitrogen and oxygen atoms in total. The lowest BCUT2D eigenvalue weighted by Crippen LogP contribution is -2.52. The first-order valence-electron chi connectivity index (χ1n) is 11.4. The summed E-state index contributed by atoms with van der Waals surface area (Å²) >= 11 is 0. The molecule has 34 heavy (non-hydrogen) atoms. The number of nitrogens with zero attached hydrogens (tertiary/aromatic N) is 1. The van der Waals surface area contributed by atoms with E-state index in [0.29, 0.717) is 31.6 Å². The largest absolute Gasteiger partial charge is 0.375 e. The van der Waals surface area contributed by atoms with Crippen LogP contribution in [-0.4, -0.2) is 57.2 Å². The molecule has 0 aliphatic carbocycles. The maximum absolute atomic E-state index is 12.6. The summed E-state index contributed by atoms with van der Waals surface area (Å²) in [4.78, 5) is 24.3. The molecule has 0 radical (unpaired) electrons. The molecule has 1 aliphatic rings. The number of piperidine rings is 1. The highest BCUT2D eigenvalue weighted by atomic mass is 32.2. The second kappa shape index (κ2) is 12.0. The predicted octanol–water partition coefficient (Wildman–Crippen LogP) is 2.45. The molecule has 3 amide bonds. The highest BCUT2D eigenvalue weighted by molar-refractivity contribution is 7.90. The van der Waals surface area contributed by atoms with Crippen molar-refractivity contribution in [2.45, 2.75) is 50.2 Å². The normalized spacial score (nSPS) is 15.1. The minimum Gasteiger partial charge on any atom is -0.375 e. The van der Waals surface area contributed by atoms with Gasteiger partial charge < -0.3 is 10.1 Å². The molecule has 0 aromatic heterocycles. The summed E-state index contributed by atoms with van der Waals surface area (Å²) in [6.45, 7) is 5.55. The zero-order valence-electron chi connectivity index (χ0n) is 19.5. The second-order valence-corrected chi connectivity index (χ2v) is 10.1. The molecule has 1 aliphatic heterocycles. The van der Waals surface area contributed by atoms with E-state index in [9.17, 15) is 18.0 Å². The van der Waals surface area contributed by atoms with Gasteiger partial charge in [0.15, 0.2) is 0 Å². The Morgan fingerprint density at radius 3 is 2.29 bits per heavy atom. The Labute approximate surface area is 200 Å². The zero-order valence-corrected chi connectivity index (χ0v) is 20.3. The smallest absolute Gasteiger partial charge is 0.343 e. The summed E-state index contributed by atoms with van der Waals surface area (Å²) < 4.78 is 33.0. The lowest BCUT2D eigenvalue weighted by Gasteiger charge is -2.32. The van der Waals surface area contributed by atoms with E-state index in [4.69, 9.17) is 4.74 Å². The fraction of sp³-hybridized carbons (Fsp3) is 0.417. The van der Waals surface area contributed by atoms with Gasteiger partial charge in [0.1, 0.15) is 0 Å². The van der Waals surface area contributed by atoms with Crippen LogP contribution in [0.15, 0.2) is 59.5 Å². The van der Waals surface area contributed by atoms with Gasteiger partial charge in [-0.3, -0.25) is 10.2 Å². The summed E-state index contributed by atoms with van der Waals surface area (Å²) in [6.07, 6.45) is 2.37. The van der Waals surface area contributed by atoms with Crippen molar-refractivity contribution in [3.63, 3.8) is 0 Å². The number of ether oxygens (including phenoxy) is 1. The number of amides is 3.